The molecule has 0 aromatic carbocycles. The van der Waals surface area contributed by atoms with E-state index in [1.165, 1.54) is 0 Å². The van der Waals surface area contributed by atoms with E-state index >= 15 is 0 Å². The minimum atomic E-state index is -3.26. The van der Waals surface area contributed by atoms with E-state index in [0.29, 0.717) is 13.2 Å². The molecular formula is C9H15NO3S. The van der Waals surface area contributed by atoms with Crippen molar-refractivity contribution in [2.75, 3.05) is 13.2 Å². The Labute approximate surface area is 84.6 Å². The molecule has 2 atom stereocenters. The second-order valence-electron chi connectivity index (χ2n) is 3.73. The second-order valence-corrected chi connectivity index (χ2v) is 5.56. The Hall–Kier alpha value is -0.390. The molecule has 0 unspecified atom stereocenters. The number of sulfonamides is 1. The summed E-state index contributed by atoms with van der Waals surface area (Å²) < 4.78 is 30.4. The average molecular weight is 217 g/mol. The van der Waals surface area contributed by atoms with Crippen LogP contribution in [0.4, 0.5) is 0 Å². The molecule has 0 bridgehead atoms. The lowest BCUT2D eigenvalue weighted by atomic mass is 10.2. The fourth-order valence-corrected chi connectivity index (χ4v) is 3.44. The highest BCUT2D eigenvalue weighted by molar-refractivity contribution is 7.92. The first-order chi connectivity index (χ1) is 6.65. The highest BCUT2D eigenvalue weighted by Crippen LogP contribution is 2.31. The van der Waals surface area contributed by atoms with Crippen molar-refractivity contribution in [3.05, 3.63) is 12.0 Å². The number of hydrogen-bond acceptors (Lipinski definition) is 3. The summed E-state index contributed by atoms with van der Waals surface area (Å²) in [6, 6.07) is 0.0479. The Balaban J connectivity index is 2.22. The van der Waals surface area contributed by atoms with Crippen LogP contribution in [-0.4, -0.2) is 38.0 Å². The third-order valence-corrected chi connectivity index (χ3v) is 4.50. The summed E-state index contributed by atoms with van der Waals surface area (Å²) in [7, 11) is -3.26. The van der Waals surface area contributed by atoms with Gasteiger partial charge in [0.05, 0.1) is 18.8 Å². The van der Waals surface area contributed by atoms with Crippen LogP contribution in [-0.2, 0) is 14.8 Å². The van der Waals surface area contributed by atoms with Crippen LogP contribution in [0.15, 0.2) is 12.0 Å². The van der Waals surface area contributed by atoms with Crippen LogP contribution in [0.3, 0.4) is 0 Å². The average Bonchev–Trinajstić information content (AvgIpc) is 2.64. The van der Waals surface area contributed by atoms with E-state index in [2.05, 4.69) is 6.58 Å². The summed E-state index contributed by atoms with van der Waals surface area (Å²) in [5.41, 5.74) is 0. The van der Waals surface area contributed by atoms with Crippen LogP contribution in [0.5, 0.6) is 0 Å². The van der Waals surface area contributed by atoms with Crippen molar-refractivity contribution in [1.29, 1.82) is 0 Å². The van der Waals surface area contributed by atoms with Gasteiger partial charge in [-0.25, -0.2) is 8.42 Å². The third-order valence-electron chi connectivity index (χ3n) is 2.97. The van der Waals surface area contributed by atoms with Gasteiger partial charge in [-0.1, -0.05) is 6.58 Å². The summed E-state index contributed by atoms with van der Waals surface area (Å²) in [4.78, 5) is 0. The van der Waals surface area contributed by atoms with Gasteiger partial charge < -0.3 is 4.74 Å². The van der Waals surface area contributed by atoms with Gasteiger partial charge in [-0.15, -0.1) is 0 Å². The van der Waals surface area contributed by atoms with Crippen molar-refractivity contribution in [3.8, 4) is 0 Å². The Kier molecular flexibility index (Phi) is 2.64. The molecule has 0 aromatic heterocycles. The molecule has 0 amide bonds. The smallest absolute Gasteiger partial charge is 0.236 e. The molecule has 2 rings (SSSR count). The summed E-state index contributed by atoms with van der Waals surface area (Å²) in [5.74, 6) is 0. The molecule has 0 aromatic rings. The topological polar surface area (TPSA) is 46.6 Å². The molecule has 5 heteroatoms. The van der Waals surface area contributed by atoms with E-state index in [9.17, 15) is 8.42 Å². The van der Waals surface area contributed by atoms with Gasteiger partial charge in [0.25, 0.3) is 0 Å². The van der Waals surface area contributed by atoms with Gasteiger partial charge in [-0.3, -0.25) is 0 Å². The second kappa shape index (κ2) is 3.64. The van der Waals surface area contributed by atoms with E-state index < -0.39 is 10.0 Å². The zero-order valence-electron chi connectivity index (χ0n) is 8.05. The maximum absolute atomic E-state index is 11.6. The standard InChI is InChI=1S/C9H15NO3S/c1-2-14(11,12)10-6-7-13-9-5-3-4-8(9)10/h2,8-9H,1,3-7H2/t8-,9+/m0/s1. The molecule has 1 aliphatic heterocycles. The Morgan fingerprint density at radius 3 is 2.93 bits per heavy atom. The lowest BCUT2D eigenvalue weighted by molar-refractivity contribution is -0.0237. The highest BCUT2D eigenvalue weighted by atomic mass is 32.2. The molecule has 80 valence electrons. The molecule has 1 heterocycles. The SMILES string of the molecule is C=CS(=O)(=O)N1CCO[C@@H]2CCC[C@@H]21. The molecule has 0 spiro atoms. The van der Waals surface area contributed by atoms with Gasteiger partial charge in [0.15, 0.2) is 0 Å². The minimum Gasteiger partial charge on any atom is -0.375 e. The number of hydrogen-bond donors (Lipinski definition) is 0. The van der Waals surface area contributed by atoms with Crippen molar-refractivity contribution in [1.82, 2.24) is 4.31 Å². The number of nitrogens with zero attached hydrogens (tertiary/aromatic N) is 1. The van der Waals surface area contributed by atoms with Gasteiger partial charge in [0.1, 0.15) is 0 Å². The Bertz CT molecular complexity index is 325. The van der Waals surface area contributed by atoms with Gasteiger partial charge in [-0.05, 0) is 19.3 Å². The van der Waals surface area contributed by atoms with E-state index in [-0.39, 0.29) is 12.1 Å². The zero-order valence-corrected chi connectivity index (χ0v) is 8.87. The molecule has 2 fully saturated rings. The predicted octanol–water partition coefficient (Wildman–Crippen LogP) is 0.713. The van der Waals surface area contributed by atoms with Gasteiger partial charge in [0, 0.05) is 12.0 Å². The van der Waals surface area contributed by atoms with Crippen molar-refractivity contribution in [2.45, 2.75) is 31.4 Å². The van der Waals surface area contributed by atoms with Gasteiger partial charge >= 0.3 is 0 Å². The monoisotopic (exact) mass is 217 g/mol. The molecule has 4 nitrogen and oxygen atoms in total. The number of rotatable bonds is 2. The highest BCUT2D eigenvalue weighted by Gasteiger charge is 2.40. The lowest BCUT2D eigenvalue weighted by Crippen LogP contribution is -2.50. The van der Waals surface area contributed by atoms with E-state index in [1.807, 2.05) is 0 Å². The number of fused-ring (bicyclic) bond motifs is 1. The van der Waals surface area contributed by atoms with Crippen LogP contribution in [0.25, 0.3) is 0 Å². The fourth-order valence-electron chi connectivity index (χ4n) is 2.30. The van der Waals surface area contributed by atoms with Crippen LogP contribution in [0, 0.1) is 0 Å². The van der Waals surface area contributed by atoms with Crippen molar-refractivity contribution in [3.63, 3.8) is 0 Å². The van der Waals surface area contributed by atoms with Crippen LogP contribution in [0.1, 0.15) is 19.3 Å². The molecule has 14 heavy (non-hydrogen) atoms. The minimum absolute atomic E-state index is 0.0479. The van der Waals surface area contributed by atoms with E-state index in [4.69, 9.17) is 4.74 Å². The quantitative estimate of drug-likeness (QED) is 0.684. The molecule has 1 saturated heterocycles. The summed E-state index contributed by atoms with van der Waals surface area (Å²) in [5, 5.41) is 1.04. The predicted molar refractivity (Wildman–Crippen MR) is 53.2 cm³/mol. The van der Waals surface area contributed by atoms with Crippen LogP contribution >= 0.6 is 0 Å². The van der Waals surface area contributed by atoms with Crippen molar-refractivity contribution < 1.29 is 13.2 Å². The normalized spacial score (nSPS) is 34.0. The van der Waals surface area contributed by atoms with E-state index in [1.54, 1.807) is 4.31 Å². The van der Waals surface area contributed by atoms with E-state index in [0.717, 1.165) is 24.7 Å². The molecule has 1 saturated carbocycles. The van der Waals surface area contributed by atoms with Crippen molar-refractivity contribution in [2.24, 2.45) is 0 Å². The third kappa shape index (κ3) is 1.60. The maximum atomic E-state index is 11.6. The van der Waals surface area contributed by atoms with Crippen LogP contribution < -0.4 is 0 Å². The summed E-state index contributed by atoms with van der Waals surface area (Å²) in [6.45, 7) is 4.33. The van der Waals surface area contributed by atoms with Gasteiger partial charge in [0.2, 0.25) is 10.0 Å². The molecular weight excluding hydrogens is 202 g/mol. The fraction of sp³-hybridized carbons (Fsp3) is 0.778. The Morgan fingerprint density at radius 2 is 2.21 bits per heavy atom. The zero-order chi connectivity index (χ0) is 10.2. The lowest BCUT2D eigenvalue weighted by Gasteiger charge is -2.35. The molecule has 2 aliphatic rings. The summed E-state index contributed by atoms with van der Waals surface area (Å²) in [6.07, 6.45) is 3.06. The molecule has 0 radical (unpaired) electrons. The first-order valence-corrected chi connectivity index (χ1v) is 6.41. The van der Waals surface area contributed by atoms with Gasteiger partial charge in [-0.2, -0.15) is 4.31 Å². The molecule has 0 N–H and O–H groups in total. The first-order valence-electron chi connectivity index (χ1n) is 4.91. The first kappa shape index (κ1) is 10.1. The Morgan fingerprint density at radius 1 is 1.43 bits per heavy atom. The number of morpholine rings is 1. The van der Waals surface area contributed by atoms with Crippen molar-refractivity contribution >= 4 is 10.0 Å². The number of ether oxygens (including phenoxy) is 1. The largest absolute Gasteiger partial charge is 0.375 e. The summed E-state index contributed by atoms with van der Waals surface area (Å²) >= 11 is 0. The van der Waals surface area contributed by atoms with Crippen LogP contribution in [0.2, 0.25) is 0 Å². The maximum Gasteiger partial charge on any atom is 0.236 e. The molecule has 1 aliphatic carbocycles.